The molecule has 15 nitrogen and oxygen atoms in total. The smallest absolute Gasteiger partial charge is 0.266 e. The summed E-state index contributed by atoms with van der Waals surface area (Å²) in [6.07, 6.45) is 58.7. The van der Waals surface area contributed by atoms with Crippen LogP contribution in [0.5, 0.6) is 5.75 Å². The minimum absolute atomic E-state index is 0.0245. The summed E-state index contributed by atoms with van der Waals surface area (Å²) in [6, 6.07) is 27.5. The molecule has 0 aromatic heterocycles. The predicted molar refractivity (Wildman–Crippen MR) is 574 cm³/mol. The van der Waals surface area contributed by atoms with E-state index in [0.717, 1.165) is 71.1 Å². The molecule has 8 aliphatic heterocycles. The third-order valence-corrected chi connectivity index (χ3v) is 31.8. The number of ether oxygens (including phenoxy) is 1. The largest absolute Gasteiger partial charge is 0.494 e. The number of thioether (sulfide) groups is 8. The maximum atomic E-state index is 12.7. The number of hydrogen-bond donors (Lipinski definition) is 1. The zero-order valence-corrected chi connectivity index (χ0v) is 85.6. The second-order valence-corrected chi connectivity index (χ2v) is 42.8. The summed E-state index contributed by atoms with van der Waals surface area (Å²) in [5.74, 6) is 0.643. The number of anilines is 5. The van der Waals surface area contributed by atoms with E-state index in [1.54, 1.807) is 91.0 Å². The third-order valence-electron chi connectivity index (χ3n) is 21.8. The molecule has 27 heteroatoms. The molecular formula is C101H129N9O6S12. The van der Waals surface area contributed by atoms with Crippen molar-refractivity contribution in [2.24, 2.45) is 0 Å². The maximum absolute atomic E-state index is 12.7. The first-order chi connectivity index (χ1) is 62.2. The molecule has 5 amide bonds. The van der Waals surface area contributed by atoms with Crippen LogP contribution in [0.3, 0.4) is 0 Å². The minimum atomic E-state index is -0.0841. The van der Waals surface area contributed by atoms with E-state index in [4.69, 9.17) is 53.6 Å². The lowest BCUT2D eigenvalue weighted by atomic mass is 10.1. The number of nitrogens with one attached hydrogen (secondary N) is 1. The van der Waals surface area contributed by atoms with Gasteiger partial charge in [-0.15, -0.1) is 26.3 Å². The van der Waals surface area contributed by atoms with Crippen LogP contribution < -0.4 is 29.7 Å². The van der Waals surface area contributed by atoms with E-state index in [1.807, 2.05) is 55.5 Å². The topological polar surface area (TPSA) is 133 Å². The van der Waals surface area contributed by atoms with Gasteiger partial charge in [0.2, 0.25) is 5.91 Å². The van der Waals surface area contributed by atoms with Crippen LogP contribution in [0.4, 0.5) is 28.4 Å². The number of carbonyl (C=O) groups excluding carboxylic acids is 5. The van der Waals surface area contributed by atoms with Gasteiger partial charge in [0.15, 0.2) is 0 Å². The van der Waals surface area contributed by atoms with E-state index in [2.05, 4.69) is 165 Å². The van der Waals surface area contributed by atoms with Gasteiger partial charge in [-0.1, -0.05) is 367 Å². The Morgan fingerprint density at radius 3 is 0.961 bits per heavy atom. The molecule has 0 bridgehead atoms. The second kappa shape index (κ2) is 57.0. The average Bonchev–Trinajstić information content (AvgIpc) is 1.64. The van der Waals surface area contributed by atoms with Gasteiger partial charge in [0.1, 0.15) is 23.0 Å². The first kappa shape index (κ1) is 105. The summed E-state index contributed by atoms with van der Waals surface area (Å²) < 4.78 is 8.06. The molecule has 0 saturated carbocycles. The molecule has 4 aromatic rings. The number of rotatable bonds is 47. The average molecular weight is 1950 g/mol. The first-order valence-electron chi connectivity index (χ1n) is 45.7. The normalized spacial score (nSPS) is 18.2. The van der Waals surface area contributed by atoms with E-state index >= 15 is 0 Å². The summed E-state index contributed by atoms with van der Waals surface area (Å²) in [5.41, 5.74) is 6.97. The molecular weight excluding hydrogens is 1820 g/mol. The van der Waals surface area contributed by atoms with Gasteiger partial charge >= 0.3 is 0 Å². The number of amides is 5. The van der Waals surface area contributed by atoms with E-state index in [0.29, 0.717) is 69.7 Å². The van der Waals surface area contributed by atoms with Crippen molar-refractivity contribution in [2.45, 2.75) is 248 Å². The maximum Gasteiger partial charge on any atom is 0.266 e. The highest BCUT2D eigenvalue weighted by molar-refractivity contribution is 8.28. The summed E-state index contributed by atoms with van der Waals surface area (Å²) in [5, 5.41) is 7.43. The highest BCUT2D eigenvalue weighted by atomic mass is 32.2. The van der Waals surface area contributed by atoms with Crippen LogP contribution in [0.1, 0.15) is 227 Å². The zero-order chi connectivity index (χ0) is 91.7. The molecule has 0 unspecified atom stereocenters. The Hall–Kier alpha value is -6.73. The molecule has 8 heterocycles. The van der Waals surface area contributed by atoms with Gasteiger partial charge in [-0.25, -0.2) is 0 Å². The van der Waals surface area contributed by atoms with E-state index < -0.39 is 0 Å². The molecule has 8 aliphatic rings. The number of aryl methyl sites for hydroxylation is 1. The van der Waals surface area contributed by atoms with Crippen molar-refractivity contribution in [1.82, 2.24) is 19.6 Å². The molecule has 4 aromatic carbocycles. The standard InChI is InChI=1S/C27H36N2OS3.C25H31N3O2S3.C25H32N2O2S3.C24H30N2OS3/c1-3-5-6-7-8-9-10-11-12-15-21-28-22-16-13-14-17-23(22)32-25(28)19-18-24-26(30)29(20-4-2)27(31)33-24;1-4-6-7-8-9-10-16-27-20-12-11-19(26-18(3)29)17-22(20)32-23(27)14-13-21-24(30)28(15-5-2)25(31)33-21;1-4-7-8-9-10-11-17-26-20-13-12-19(29-6-3)18-22(20)31-23(26)15-14-21-24(28)27(16-5-2)25(30)32-21;1-4-6-7-8-9-10-16-25-19-12-11-18(3)17-21(19)29-22(25)14-13-20-23(27)26(15-5-2)24(28)30-20/h4,13-14,16-19H,2-3,5-12,15,20-21H2,1H3;5,11-14,17H,2,4,6-10,15-16H2,1,3H3,(H,26,29);5,12-15,18H,2,4,6-11,16-17H2,1,3H3;5,11-14,17H,2,4,6-10,15-16H2,1,3H3/b24-18+,25-19-;21-13+,23-14-;21-14+,23-15-;20-13+,22-14-. The molecule has 1 N–H and O–H groups in total. The number of allylic oxidation sites excluding steroid dienone is 8. The van der Waals surface area contributed by atoms with Crippen LogP contribution >= 0.6 is 143 Å². The number of benzene rings is 4. The SMILES string of the molecule is C=CCN1C(=O)/C(=C\C=C2/Sc3cc(C)ccc3N2CCCCCCCC)SC1=S.C=CCN1C(=O)/C(=C\C=C2/Sc3cc(NC(C)=O)ccc3N2CCCCCCCC)SC1=S.C=CCN1C(=O)/C(=C\C=C2/Sc3cc(OCC)ccc3N2CCCCCCCC)SC1=S.C=CCN1C(=O)/C(=C\C=C2/Sc3ccccc3N2CCCCCCCCCCCC)SC1=S. The fraction of sp³-hybridized carbons (Fsp3) is 0.436. The van der Waals surface area contributed by atoms with Crippen LogP contribution in [0, 0.1) is 6.92 Å². The lowest BCUT2D eigenvalue weighted by Crippen LogP contribution is -2.27. The lowest BCUT2D eigenvalue weighted by Gasteiger charge is -2.20. The fourth-order valence-electron chi connectivity index (χ4n) is 15.1. The van der Waals surface area contributed by atoms with E-state index in [9.17, 15) is 24.0 Å². The van der Waals surface area contributed by atoms with Crippen LogP contribution in [0.2, 0.25) is 0 Å². The quantitative estimate of drug-likeness (QED) is 0.0194. The van der Waals surface area contributed by atoms with Crippen molar-refractivity contribution in [2.75, 3.05) is 83.9 Å². The first-order valence-corrected chi connectivity index (χ1v) is 53.9. The molecule has 128 heavy (non-hydrogen) atoms. The highest BCUT2D eigenvalue weighted by Gasteiger charge is 2.37. The molecule has 0 spiro atoms. The van der Waals surface area contributed by atoms with Crippen molar-refractivity contribution < 1.29 is 28.7 Å². The Labute approximate surface area is 819 Å². The Morgan fingerprint density at radius 2 is 0.633 bits per heavy atom. The Kier molecular flexibility index (Phi) is 46.7. The summed E-state index contributed by atoms with van der Waals surface area (Å²) in [6.45, 7) is 35.9. The molecule has 686 valence electrons. The van der Waals surface area contributed by atoms with Crippen molar-refractivity contribution in [3.63, 3.8) is 0 Å². The molecule has 0 aliphatic carbocycles. The van der Waals surface area contributed by atoms with Crippen LogP contribution in [0.15, 0.2) is 237 Å². The Balaban J connectivity index is 0.000000193. The van der Waals surface area contributed by atoms with Crippen molar-refractivity contribution in [1.29, 1.82) is 0 Å². The van der Waals surface area contributed by atoms with Gasteiger partial charge in [0.05, 0.1) is 69.1 Å². The number of fused-ring (bicyclic) bond motifs is 4. The van der Waals surface area contributed by atoms with E-state index in [-0.39, 0.29) is 29.5 Å². The van der Waals surface area contributed by atoms with Crippen LogP contribution in [0.25, 0.3) is 0 Å². The van der Waals surface area contributed by atoms with Crippen molar-refractivity contribution in [3.05, 3.63) is 223 Å². The van der Waals surface area contributed by atoms with Gasteiger partial charge in [-0.05, 0) is 154 Å². The van der Waals surface area contributed by atoms with Crippen molar-refractivity contribution in [3.8, 4) is 5.75 Å². The lowest BCUT2D eigenvalue weighted by molar-refractivity contribution is -0.122. The molecule has 4 saturated heterocycles. The number of hydrogen-bond acceptors (Lipinski definition) is 22. The number of nitrogens with zero attached hydrogens (tertiary/aromatic N) is 8. The number of para-hydroxylation sites is 1. The summed E-state index contributed by atoms with van der Waals surface area (Å²) in [7, 11) is 0. The number of thiocarbonyl (C=S) groups is 4. The minimum Gasteiger partial charge on any atom is -0.494 e. The highest BCUT2D eigenvalue weighted by Crippen LogP contribution is 2.52. The number of carbonyl (C=O) groups is 5. The molecule has 12 rings (SSSR count). The fourth-order valence-corrected chi connectivity index (χ4v) is 24.5. The van der Waals surface area contributed by atoms with Gasteiger partial charge < -0.3 is 29.7 Å². The monoisotopic (exact) mass is 1950 g/mol. The summed E-state index contributed by atoms with van der Waals surface area (Å²) in [4.78, 5) is 85.4. The Morgan fingerprint density at radius 1 is 0.344 bits per heavy atom. The van der Waals surface area contributed by atoms with Gasteiger partial charge in [-0.3, -0.25) is 43.6 Å². The Bertz CT molecular complexity index is 4850. The second-order valence-electron chi connectivity index (χ2n) is 31.8. The van der Waals surface area contributed by atoms with Crippen molar-refractivity contribution >= 4 is 218 Å². The van der Waals surface area contributed by atoms with Crippen LogP contribution in [-0.2, 0) is 24.0 Å². The molecule has 4 fully saturated rings. The van der Waals surface area contributed by atoms with Crippen LogP contribution in [-0.4, -0.2) is 125 Å². The van der Waals surface area contributed by atoms with Gasteiger partial charge in [0.25, 0.3) is 23.6 Å². The predicted octanol–water partition coefficient (Wildman–Crippen LogP) is 29.1. The molecule has 0 radical (unpaired) electrons. The van der Waals surface area contributed by atoms with Gasteiger partial charge in [-0.2, -0.15) is 0 Å². The van der Waals surface area contributed by atoms with E-state index in [1.165, 1.54) is 268 Å². The molecule has 0 atom stereocenters. The number of unbranched alkanes of at least 4 members (excludes halogenated alkanes) is 24. The third kappa shape index (κ3) is 31.5. The summed E-state index contributed by atoms with van der Waals surface area (Å²) >= 11 is 33.8. The zero-order valence-electron chi connectivity index (χ0n) is 75.9. The van der Waals surface area contributed by atoms with Gasteiger partial charge in [0, 0.05) is 84.6 Å².